The highest BCUT2D eigenvalue weighted by molar-refractivity contribution is 5.82. The van der Waals surface area contributed by atoms with Crippen LogP contribution in [0.15, 0.2) is 48.5 Å². The number of alkyl carbamates (subject to hydrolysis) is 1. The van der Waals surface area contributed by atoms with Gasteiger partial charge >= 0.3 is 12.1 Å². The molecule has 7 nitrogen and oxygen atoms in total. The fourth-order valence-electron chi connectivity index (χ4n) is 4.66. The number of carboxylic acids is 1. The molecule has 1 aliphatic carbocycles. The molecule has 0 saturated carbocycles. The Morgan fingerprint density at radius 3 is 2.09 bits per heavy atom. The standard InChI is InChI=1S/C26H30N2O5/c1-15(24(29)28-12-18(13-28)16(2)25(30)31)17(3)27-26(32)33-14-23-21-10-6-4-8-19(21)20-9-5-7-11-22(20)23/h4-11,15-18,23H,12-14H2,1-3H3,(H,27,32)(H,30,31). The Hall–Kier alpha value is -3.35. The van der Waals surface area contributed by atoms with Crippen molar-refractivity contribution in [2.45, 2.75) is 32.7 Å². The lowest BCUT2D eigenvalue weighted by molar-refractivity contribution is -0.152. The van der Waals surface area contributed by atoms with Crippen LogP contribution >= 0.6 is 0 Å². The zero-order chi connectivity index (χ0) is 23.7. The SMILES string of the molecule is CC(NC(=O)OCC1c2ccccc2-c2ccccc21)C(C)C(=O)N1CC(C(C)C(=O)O)C1. The number of aliphatic carboxylic acids is 1. The van der Waals surface area contributed by atoms with Gasteiger partial charge in [0.25, 0.3) is 0 Å². The first-order valence-corrected chi connectivity index (χ1v) is 11.4. The zero-order valence-electron chi connectivity index (χ0n) is 19.2. The summed E-state index contributed by atoms with van der Waals surface area (Å²) in [6.07, 6.45) is -0.551. The van der Waals surface area contributed by atoms with Gasteiger partial charge in [-0.1, -0.05) is 62.4 Å². The van der Waals surface area contributed by atoms with Crippen molar-refractivity contribution in [2.24, 2.45) is 17.8 Å². The highest BCUT2D eigenvalue weighted by Crippen LogP contribution is 2.44. The Balaban J connectivity index is 1.30. The molecule has 3 unspecified atom stereocenters. The molecule has 1 fully saturated rings. The molecule has 0 spiro atoms. The number of carbonyl (C=O) groups is 3. The molecule has 2 aromatic carbocycles. The van der Waals surface area contributed by atoms with Crippen molar-refractivity contribution in [3.8, 4) is 11.1 Å². The molecule has 2 aromatic rings. The molecule has 7 heteroatoms. The van der Waals surface area contributed by atoms with E-state index in [4.69, 9.17) is 9.84 Å². The van der Waals surface area contributed by atoms with Crippen molar-refractivity contribution in [1.29, 1.82) is 0 Å². The van der Waals surface area contributed by atoms with Crippen molar-refractivity contribution in [3.63, 3.8) is 0 Å². The van der Waals surface area contributed by atoms with Crippen molar-refractivity contribution < 1.29 is 24.2 Å². The Bertz CT molecular complexity index is 1020. The van der Waals surface area contributed by atoms with Crippen molar-refractivity contribution in [2.75, 3.05) is 19.7 Å². The summed E-state index contributed by atoms with van der Waals surface area (Å²) in [5, 5.41) is 11.9. The third-order valence-corrected chi connectivity index (χ3v) is 7.15. The molecule has 1 saturated heterocycles. The fourth-order valence-corrected chi connectivity index (χ4v) is 4.66. The van der Waals surface area contributed by atoms with Crippen molar-refractivity contribution in [3.05, 3.63) is 59.7 Å². The van der Waals surface area contributed by atoms with Gasteiger partial charge in [0.05, 0.1) is 11.8 Å². The normalized spacial score (nSPS) is 17.8. The van der Waals surface area contributed by atoms with E-state index in [1.807, 2.05) is 24.3 Å². The van der Waals surface area contributed by atoms with Crippen LogP contribution in [0.2, 0.25) is 0 Å². The number of hydrogen-bond acceptors (Lipinski definition) is 4. The maximum Gasteiger partial charge on any atom is 0.407 e. The smallest absolute Gasteiger partial charge is 0.407 e. The number of amides is 2. The van der Waals surface area contributed by atoms with E-state index in [1.165, 1.54) is 11.1 Å². The lowest BCUT2D eigenvalue weighted by atomic mass is 9.86. The third-order valence-electron chi connectivity index (χ3n) is 7.15. The topological polar surface area (TPSA) is 95.9 Å². The maximum absolute atomic E-state index is 12.7. The van der Waals surface area contributed by atoms with Crippen LogP contribution in [0.3, 0.4) is 0 Å². The average Bonchev–Trinajstić information content (AvgIpc) is 3.09. The van der Waals surface area contributed by atoms with E-state index in [1.54, 1.807) is 25.7 Å². The summed E-state index contributed by atoms with van der Waals surface area (Å²) in [7, 11) is 0. The van der Waals surface area contributed by atoms with Crippen molar-refractivity contribution >= 4 is 18.0 Å². The summed E-state index contributed by atoms with van der Waals surface area (Å²) >= 11 is 0. The molecule has 174 valence electrons. The van der Waals surface area contributed by atoms with E-state index >= 15 is 0 Å². The predicted molar refractivity (Wildman–Crippen MR) is 124 cm³/mol. The molecule has 1 heterocycles. The highest BCUT2D eigenvalue weighted by atomic mass is 16.5. The number of fused-ring (bicyclic) bond motifs is 3. The summed E-state index contributed by atoms with van der Waals surface area (Å²) in [6, 6.07) is 15.9. The lowest BCUT2D eigenvalue weighted by Gasteiger charge is -2.43. The van der Waals surface area contributed by atoms with Gasteiger partial charge in [-0.25, -0.2) is 4.79 Å². The summed E-state index contributed by atoms with van der Waals surface area (Å²) in [4.78, 5) is 38.0. The van der Waals surface area contributed by atoms with Crippen LogP contribution in [0.4, 0.5) is 4.79 Å². The Morgan fingerprint density at radius 1 is 1.00 bits per heavy atom. The first-order chi connectivity index (χ1) is 15.8. The molecule has 3 atom stereocenters. The summed E-state index contributed by atoms with van der Waals surface area (Å²) in [6.45, 7) is 6.31. The highest BCUT2D eigenvalue weighted by Gasteiger charge is 2.39. The summed E-state index contributed by atoms with van der Waals surface area (Å²) in [5.41, 5.74) is 4.62. The minimum absolute atomic E-state index is 0.0215. The van der Waals surface area contributed by atoms with Crippen LogP contribution in [-0.2, 0) is 14.3 Å². The number of likely N-dealkylation sites (tertiary alicyclic amines) is 1. The number of nitrogens with one attached hydrogen (secondary N) is 1. The molecule has 0 aromatic heterocycles. The van der Waals surface area contributed by atoms with Gasteiger partial charge in [-0.3, -0.25) is 9.59 Å². The number of rotatable bonds is 7. The molecule has 0 bridgehead atoms. The van der Waals surface area contributed by atoms with Gasteiger partial charge < -0.3 is 20.1 Å². The van der Waals surface area contributed by atoms with Crippen LogP contribution in [0.1, 0.15) is 37.8 Å². The molecule has 2 aliphatic rings. The Kier molecular flexibility index (Phi) is 6.40. The third kappa shape index (κ3) is 4.45. The second-order valence-electron chi connectivity index (χ2n) is 9.18. The lowest BCUT2D eigenvalue weighted by Crippen LogP contribution is -2.57. The molecule has 0 radical (unpaired) electrons. The van der Waals surface area contributed by atoms with Gasteiger partial charge in [-0.05, 0) is 29.2 Å². The Labute approximate surface area is 193 Å². The largest absolute Gasteiger partial charge is 0.481 e. The number of ether oxygens (including phenoxy) is 1. The van der Waals surface area contributed by atoms with Gasteiger partial charge in [0.1, 0.15) is 6.61 Å². The van der Waals surface area contributed by atoms with Gasteiger partial charge in [-0.15, -0.1) is 0 Å². The molecule has 4 rings (SSSR count). The first kappa shape index (κ1) is 22.8. The minimum Gasteiger partial charge on any atom is -0.481 e. The van der Waals surface area contributed by atoms with Crippen LogP contribution in [-0.4, -0.2) is 53.7 Å². The fraction of sp³-hybridized carbons (Fsp3) is 0.423. The Morgan fingerprint density at radius 2 is 1.55 bits per heavy atom. The van der Waals surface area contributed by atoms with E-state index < -0.39 is 29.9 Å². The van der Waals surface area contributed by atoms with E-state index in [0.717, 1.165) is 11.1 Å². The molecule has 2 N–H and O–H groups in total. The summed E-state index contributed by atoms with van der Waals surface area (Å²) in [5.74, 6) is -1.89. The summed E-state index contributed by atoms with van der Waals surface area (Å²) < 4.78 is 5.58. The van der Waals surface area contributed by atoms with E-state index in [-0.39, 0.29) is 24.3 Å². The van der Waals surface area contributed by atoms with Gasteiger partial charge in [0.15, 0.2) is 0 Å². The van der Waals surface area contributed by atoms with Crippen LogP contribution in [0.5, 0.6) is 0 Å². The zero-order valence-corrected chi connectivity index (χ0v) is 19.2. The number of hydrogen-bond donors (Lipinski definition) is 2. The predicted octanol–water partition coefficient (Wildman–Crippen LogP) is 3.73. The van der Waals surface area contributed by atoms with Crippen LogP contribution in [0, 0.1) is 17.8 Å². The second kappa shape index (κ2) is 9.25. The number of benzene rings is 2. The van der Waals surface area contributed by atoms with Crippen LogP contribution in [0.25, 0.3) is 11.1 Å². The van der Waals surface area contributed by atoms with E-state index in [0.29, 0.717) is 13.1 Å². The quantitative estimate of drug-likeness (QED) is 0.670. The second-order valence-corrected chi connectivity index (χ2v) is 9.18. The molecular weight excluding hydrogens is 420 g/mol. The minimum atomic E-state index is -0.842. The molecular formula is C26H30N2O5. The van der Waals surface area contributed by atoms with Crippen molar-refractivity contribution in [1.82, 2.24) is 10.2 Å². The van der Waals surface area contributed by atoms with E-state index in [9.17, 15) is 14.4 Å². The average molecular weight is 451 g/mol. The molecule has 1 aliphatic heterocycles. The molecule has 2 amide bonds. The first-order valence-electron chi connectivity index (χ1n) is 11.4. The number of nitrogens with zero attached hydrogens (tertiary/aromatic N) is 1. The number of carboxylic acid groups (broad SMARTS) is 1. The van der Waals surface area contributed by atoms with Crippen LogP contribution < -0.4 is 5.32 Å². The van der Waals surface area contributed by atoms with E-state index in [2.05, 4.69) is 29.6 Å². The van der Waals surface area contributed by atoms with Gasteiger partial charge in [0, 0.05) is 31.0 Å². The maximum atomic E-state index is 12.7. The van der Waals surface area contributed by atoms with Gasteiger partial charge in [0.2, 0.25) is 5.91 Å². The van der Waals surface area contributed by atoms with Gasteiger partial charge in [-0.2, -0.15) is 0 Å². The monoisotopic (exact) mass is 450 g/mol. The number of carbonyl (C=O) groups excluding carboxylic acids is 2. The molecule has 33 heavy (non-hydrogen) atoms.